The summed E-state index contributed by atoms with van der Waals surface area (Å²) in [5.74, 6) is -0.687. The normalized spacial score (nSPS) is 62.1. The van der Waals surface area contributed by atoms with Gasteiger partial charge >= 0.3 is 0 Å². The summed E-state index contributed by atoms with van der Waals surface area (Å²) >= 11 is 0. The minimum Gasteiger partial charge on any atom is -0.393 e. The highest BCUT2D eigenvalue weighted by molar-refractivity contribution is 5.25. The van der Waals surface area contributed by atoms with E-state index in [9.17, 15) is 10.2 Å². The Bertz CT molecular complexity index is 689. The first-order valence-electron chi connectivity index (χ1n) is 11.9. The van der Waals surface area contributed by atoms with E-state index in [0.717, 1.165) is 32.1 Å². The number of aliphatic hydroxyl groups excluding tert-OH is 1. The van der Waals surface area contributed by atoms with Crippen LogP contribution in [-0.2, 0) is 0 Å². The topological polar surface area (TPSA) is 40.5 Å². The molecule has 0 radical (unpaired) electrons. The summed E-state index contributed by atoms with van der Waals surface area (Å²) in [5.41, 5.74) is 0.790. The molecule has 0 bridgehead atoms. The average molecular weight is 324 g/mol. The molecule has 4 aliphatic carbocycles. The van der Waals surface area contributed by atoms with Gasteiger partial charge in [-0.15, -0.1) is 0 Å². The Morgan fingerprint density at radius 3 is 2.87 bits per heavy atom. The monoisotopic (exact) mass is 323 g/mol. The van der Waals surface area contributed by atoms with Crippen molar-refractivity contribution in [3.8, 4) is 0 Å². The highest BCUT2D eigenvalue weighted by Crippen LogP contribution is 2.66. The fourth-order valence-corrected chi connectivity index (χ4v) is 6.84. The number of aliphatic hydroxyl groups is 2. The summed E-state index contributed by atoms with van der Waals surface area (Å²) in [6.07, 6.45) is 5.34. The maximum absolute atomic E-state index is 10.8. The number of fused-ring (bicyclic) bond motifs is 5. The number of hydrogen-bond donors (Lipinski definition) is 2. The van der Waals surface area contributed by atoms with Crippen molar-refractivity contribution in [1.29, 1.82) is 0 Å². The lowest BCUT2D eigenvalue weighted by atomic mass is 9.47. The van der Waals surface area contributed by atoms with Crippen LogP contribution in [-0.4, -0.2) is 22.4 Å². The Morgan fingerprint density at radius 1 is 1.26 bits per heavy atom. The molecule has 23 heavy (non-hydrogen) atoms. The van der Waals surface area contributed by atoms with Crippen LogP contribution in [0.5, 0.6) is 0 Å². The molecule has 0 spiro atoms. The fourth-order valence-electron chi connectivity index (χ4n) is 6.84. The summed E-state index contributed by atoms with van der Waals surface area (Å²) in [6, 6.07) is 0. The molecule has 4 aliphatic rings. The molecule has 2 heteroatoms. The molecule has 4 rings (SSSR count). The number of allylic oxidation sites excluding steroid dienone is 1. The van der Waals surface area contributed by atoms with Gasteiger partial charge in [0.05, 0.1) is 13.6 Å². The van der Waals surface area contributed by atoms with Crippen molar-refractivity contribution in [1.82, 2.24) is 0 Å². The second kappa shape index (κ2) is 5.33. The molecule has 130 valence electrons. The number of hydrogen-bond acceptors (Lipinski definition) is 2. The zero-order valence-corrected chi connectivity index (χ0v) is 14.4. The van der Waals surface area contributed by atoms with Crippen LogP contribution in [0, 0.1) is 34.5 Å². The van der Waals surface area contributed by atoms with Crippen LogP contribution in [0.1, 0.15) is 78.9 Å². The summed E-state index contributed by atoms with van der Waals surface area (Å²) in [4.78, 5) is 0. The van der Waals surface area contributed by atoms with E-state index in [1.54, 1.807) is 0 Å². The van der Waals surface area contributed by atoms with E-state index in [4.69, 9.17) is 6.85 Å². The molecule has 0 heterocycles. The third kappa shape index (κ3) is 2.20. The van der Waals surface area contributed by atoms with Gasteiger partial charge in [0, 0.05) is 5.48 Å². The maximum Gasteiger partial charge on any atom is 0.0601 e. The van der Waals surface area contributed by atoms with Crippen LogP contribution in [0.2, 0.25) is 0 Å². The highest BCUT2D eigenvalue weighted by atomic mass is 16.3. The van der Waals surface area contributed by atoms with Crippen LogP contribution in [0.4, 0.5) is 0 Å². The van der Waals surface area contributed by atoms with Gasteiger partial charge in [0.25, 0.3) is 0 Å². The molecular formula is C21H34O2. The largest absolute Gasteiger partial charge is 0.393 e. The van der Waals surface area contributed by atoms with Crippen molar-refractivity contribution in [2.75, 3.05) is 0 Å². The first-order chi connectivity index (χ1) is 12.8. The summed E-state index contributed by atoms with van der Waals surface area (Å²) in [6.45, 7) is 1.40. The van der Waals surface area contributed by atoms with E-state index in [0.29, 0.717) is 24.7 Å². The van der Waals surface area contributed by atoms with Gasteiger partial charge in [0.1, 0.15) is 0 Å². The van der Waals surface area contributed by atoms with Gasteiger partial charge in [0.15, 0.2) is 0 Å². The number of rotatable bonds is 1. The molecule has 0 aromatic rings. The first kappa shape index (κ1) is 11.3. The molecule has 2 N–H and O–H groups in total. The van der Waals surface area contributed by atoms with Crippen molar-refractivity contribution in [3.05, 3.63) is 11.6 Å². The first-order valence-corrected chi connectivity index (χ1v) is 9.38. The SMILES string of the molecule is [2H]C([2H])([2H])C([2H])(O)[C@@]1([2H])CC[C@H]2[C@@H]3CC=C4C[C@@H](O)CC[C@]4(C)[C@H]3CC[C@@]21C. The fraction of sp³-hybridized carbons (Fsp3) is 0.905. The molecule has 3 fully saturated rings. The van der Waals surface area contributed by atoms with Crippen LogP contribution < -0.4 is 0 Å². The van der Waals surface area contributed by atoms with Crippen LogP contribution >= 0.6 is 0 Å². The summed E-state index contributed by atoms with van der Waals surface area (Å²) < 4.78 is 40.5. The highest BCUT2D eigenvalue weighted by Gasteiger charge is 2.59. The Kier molecular flexibility index (Phi) is 2.62. The third-order valence-corrected chi connectivity index (χ3v) is 8.15. The van der Waals surface area contributed by atoms with Gasteiger partial charge < -0.3 is 10.2 Å². The Balaban J connectivity index is 1.70. The zero-order chi connectivity index (χ0) is 20.8. The van der Waals surface area contributed by atoms with Gasteiger partial charge in [-0.1, -0.05) is 25.5 Å². The molecule has 0 amide bonds. The van der Waals surface area contributed by atoms with Gasteiger partial charge in [-0.05, 0) is 92.7 Å². The predicted molar refractivity (Wildman–Crippen MR) is 92.9 cm³/mol. The third-order valence-electron chi connectivity index (χ3n) is 8.15. The molecule has 0 aromatic heterocycles. The van der Waals surface area contributed by atoms with Gasteiger partial charge in [-0.25, -0.2) is 0 Å². The summed E-state index contributed by atoms with van der Waals surface area (Å²) in [7, 11) is 0. The minimum atomic E-state index is -2.89. The smallest absolute Gasteiger partial charge is 0.0601 e. The Labute approximate surface area is 148 Å². The van der Waals surface area contributed by atoms with Gasteiger partial charge in [-0.3, -0.25) is 0 Å². The van der Waals surface area contributed by atoms with E-state index in [-0.39, 0.29) is 23.9 Å². The molecule has 0 aliphatic heterocycles. The van der Waals surface area contributed by atoms with Crippen LogP contribution in [0.25, 0.3) is 0 Å². The lowest BCUT2D eigenvalue weighted by Crippen LogP contribution is -2.51. The van der Waals surface area contributed by atoms with E-state index in [1.165, 1.54) is 5.57 Å². The second-order valence-electron chi connectivity index (χ2n) is 8.98. The van der Waals surface area contributed by atoms with Crippen LogP contribution in [0.15, 0.2) is 11.6 Å². The lowest BCUT2D eigenvalue weighted by Gasteiger charge is -2.58. The average Bonchev–Trinajstić information content (AvgIpc) is 2.87. The van der Waals surface area contributed by atoms with E-state index in [2.05, 4.69) is 13.0 Å². The van der Waals surface area contributed by atoms with Crippen LogP contribution in [0.3, 0.4) is 0 Å². The maximum atomic E-state index is 10.8. The molecule has 0 aromatic carbocycles. The molecule has 2 nitrogen and oxygen atoms in total. The Hall–Kier alpha value is -0.340. The van der Waals surface area contributed by atoms with E-state index >= 15 is 0 Å². The standard InChI is InChI=1S/C21H34O2/c1-13(22)17-6-7-18-16-5-4-14-12-15(23)8-10-20(14,2)19(16)9-11-21(17,18)3/h4,13,15-19,22-23H,5-12H2,1-3H3/t13?,15-,16-,17+,18-,19-,20-,21+/m0/s1/i1D3,13D,17D. The molecule has 1 unspecified atom stereocenters. The summed E-state index contributed by atoms with van der Waals surface area (Å²) in [5, 5.41) is 20.9. The van der Waals surface area contributed by atoms with E-state index in [1.807, 2.05) is 6.92 Å². The van der Waals surface area contributed by atoms with Gasteiger partial charge in [0.2, 0.25) is 0 Å². The van der Waals surface area contributed by atoms with E-state index < -0.39 is 24.2 Å². The molecule has 0 saturated heterocycles. The van der Waals surface area contributed by atoms with Crippen molar-refractivity contribution < 1.29 is 17.1 Å². The van der Waals surface area contributed by atoms with Crippen molar-refractivity contribution in [2.45, 2.75) is 84.2 Å². The molecule has 3 saturated carbocycles. The predicted octanol–water partition coefficient (Wildman–Crippen LogP) is 4.31. The lowest BCUT2D eigenvalue weighted by molar-refractivity contribution is -0.0675. The van der Waals surface area contributed by atoms with Crippen molar-refractivity contribution in [3.63, 3.8) is 0 Å². The zero-order valence-electron chi connectivity index (χ0n) is 19.4. The molecule has 8 atom stereocenters. The molecular weight excluding hydrogens is 284 g/mol. The van der Waals surface area contributed by atoms with Gasteiger partial charge in [-0.2, -0.15) is 0 Å². The van der Waals surface area contributed by atoms with Crippen molar-refractivity contribution in [2.24, 2.45) is 34.5 Å². The quantitative estimate of drug-likeness (QED) is 0.706. The minimum absolute atomic E-state index is 0.0814. The Morgan fingerprint density at radius 2 is 2.09 bits per heavy atom. The van der Waals surface area contributed by atoms with Crippen molar-refractivity contribution >= 4 is 0 Å². The second-order valence-corrected chi connectivity index (χ2v) is 8.98.